The summed E-state index contributed by atoms with van der Waals surface area (Å²) in [6, 6.07) is 81.7. The third-order valence-corrected chi connectivity index (χ3v) is 16.0. The van der Waals surface area contributed by atoms with Crippen molar-refractivity contribution in [2.75, 3.05) is 0 Å². The molecule has 13 rings (SSSR count). The monoisotopic (exact) mass is 1180 g/mol. The van der Waals surface area contributed by atoms with Gasteiger partial charge < -0.3 is 10.7 Å². The van der Waals surface area contributed by atoms with E-state index in [1.165, 1.54) is 33.4 Å². The third-order valence-electron chi connectivity index (χ3n) is 15.5. The van der Waals surface area contributed by atoms with Crippen molar-refractivity contribution in [1.29, 1.82) is 0 Å². The van der Waals surface area contributed by atoms with Crippen molar-refractivity contribution in [3.63, 3.8) is 0 Å². The topological polar surface area (TPSA) is 70.0 Å². The zero-order chi connectivity index (χ0) is 56.0. The second-order valence-electron chi connectivity index (χ2n) is 21.6. The van der Waals surface area contributed by atoms with Crippen molar-refractivity contribution in [1.82, 2.24) is 19.9 Å². The predicted octanol–water partition coefficient (Wildman–Crippen LogP) is 16.4. The van der Waals surface area contributed by atoms with E-state index in [0.29, 0.717) is 0 Å². The van der Waals surface area contributed by atoms with Crippen LogP contribution >= 0.6 is 15.9 Å². The first kappa shape index (κ1) is 59.6. The Hall–Kier alpha value is -7.54. The number of pyridine rings is 4. The molecule has 12 aromatic rings. The first-order chi connectivity index (χ1) is 40.0. The minimum atomic E-state index is -0.426. The van der Waals surface area contributed by atoms with Crippen LogP contribution in [0.1, 0.15) is 36.5 Å². The van der Waals surface area contributed by atoms with Crippen LogP contribution in [0.3, 0.4) is 0 Å². The fraction of sp³-hybridized carbons (Fsp3) is 0.0933. The summed E-state index contributed by atoms with van der Waals surface area (Å²) >= 11 is 3.65. The van der Waals surface area contributed by atoms with Gasteiger partial charge in [-0.1, -0.05) is 157 Å². The van der Waals surface area contributed by atoms with Crippen molar-refractivity contribution in [3.05, 3.63) is 285 Å². The number of hydrogen-bond donors (Lipinski definition) is 0. The maximum atomic E-state index is 6.41. The number of nitrogens with zero attached hydrogens (tertiary/aromatic N) is 4. The molecule has 0 N–H and O–H groups in total. The Bertz CT molecular complexity index is 3990. The van der Waals surface area contributed by atoms with Gasteiger partial charge in [0.15, 0.2) is 0 Å². The third kappa shape index (κ3) is 13.7. The fourth-order valence-corrected chi connectivity index (χ4v) is 10.8. The molecule has 1 saturated heterocycles. The molecule has 0 atom stereocenters. The minimum absolute atomic E-state index is 0. The average Bonchev–Trinajstić information content (AvgIpc) is 3.22. The van der Waals surface area contributed by atoms with Crippen LogP contribution in [-0.2, 0) is 9.31 Å². The molecule has 0 spiro atoms. The second-order valence-corrected chi connectivity index (χ2v) is 22.5. The van der Waals surface area contributed by atoms with Crippen LogP contribution in [0, 0.1) is 0 Å². The minimum Gasteiger partial charge on any atom is -1.00 e. The Kier molecular flexibility index (Phi) is 18.9. The van der Waals surface area contributed by atoms with E-state index in [9.17, 15) is 0 Å². The van der Waals surface area contributed by atoms with Crippen LogP contribution < -0.4 is 56.8 Å². The van der Waals surface area contributed by atoms with Crippen LogP contribution in [-0.4, -0.2) is 38.3 Å². The van der Waals surface area contributed by atoms with E-state index in [1.807, 2.05) is 49.1 Å². The molecule has 1 fully saturated rings. The van der Waals surface area contributed by atoms with E-state index in [2.05, 4.69) is 270 Å². The number of aromatic nitrogens is 4. The summed E-state index contributed by atoms with van der Waals surface area (Å²) in [6.45, 7) is 8.36. The Morgan fingerprint density at radius 3 is 0.798 bits per heavy atom. The molecule has 8 aromatic carbocycles. The van der Waals surface area contributed by atoms with Gasteiger partial charge >= 0.3 is 58.5 Å². The predicted molar refractivity (Wildman–Crippen MR) is 350 cm³/mol. The molecule has 9 heteroatoms. The van der Waals surface area contributed by atoms with Crippen molar-refractivity contribution in [2.24, 2.45) is 0 Å². The molecule has 1 aliphatic rings. The number of benzene rings is 8. The van der Waals surface area contributed by atoms with E-state index in [1.54, 1.807) is 24.8 Å². The molecule has 5 heterocycles. The quantitative estimate of drug-likeness (QED) is 0.120. The molecule has 0 radical (unpaired) electrons. The molecule has 0 aliphatic carbocycles. The van der Waals surface area contributed by atoms with Crippen LogP contribution in [0.2, 0.25) is 0 Å². The Morgan fingerprint density at radius 2 is 0.524 bits per heavy atom. The summed E-state index contributed by atoms with van der Waals surface area (Å²) in [6.07, 6.45) is 14.9. The van der Waals surface area contributed by atoms with Crippen LogP contribution in [0.25, 0.3) is 111 Å². The first-order valence-corrected chi connectivity index (χ1v) is 28.3. The summed E-state index contributed by atoms with van der Waals surface area (Å²) < 4.78 is 13.9. The fourth-order valence-electron chi connectivity index (χ4n) is 10.4. The van der Waals surface area contributed by atoms with Gasteiger partial charge in [0.1, 0.15) is 0 Å². The van der Waals surface area contributed by atoms with Gasteiger partial charge in [0.2, 0.25) is 0 Å². The molecule has 84 heavy (non-hydrogen) atoms. The molecule has 4 aromatic heterocycles. The van der Waals surface area contributed by atoms with Crippen molar-refractivity contribution in [2.45, 2.75) is 46.3 Å². The number of halogens is 1. The summed E-state index contributed by atoms with van der Waals surface area (Å²) in [7, 11) is -0.426. The summed E-state index contributed by atoms with van der Waals surface area (Å²) in [5.74, 6) is 0. The van der Waals surface area contributed by atoms with Gasteiger partial charge in [-0.3, -0.25) is 19.9 Å². The summed E-state index contributed by atoms with van der Waals surface area (Å²) in [5, 5.41) is 0. The van der Waals surface area contributed by atoms with Crippen molar-refractivity contribution < 1.29 is 62.1 Å². The molecule has 6 nitrogen and oxygen atoms in total. The van der Waals surface area contributed by atoms with Crippen molar-refractivity contribution in [3.8, 4) is 111 Å². The maximum Gasteiger partial charge on any atom is 1.00 e. The second kappa shape index (κ2) is 26.6. The summed E-state index contributed by atoms with van der Waals surface area (Å²) in [4.78, 5) is 17.3. The SMILES string of the molecule is Brc1cccc(-c2cc(-c3cccc(-c4cccnc4)c3)cc(-c3cccc(-c4cccnc4)c3)c2)c1.C.CC1(C)OB(c2cccc(-c3cc(-c4cccc(-c5cccnc5)c4)cc(-c4cccc(-c5cccnc5)c4)c3)c2)OC1(C)C.[H-].[K+]. The van der Waals surface area contributed by atoms with Gasteiger partial charge in [0.25, 0.3) is 0 Å². The molecular formula is C75H63BBrKN4O2. The number of hydrogen-bond acceptors (Lipinski definition) is 6. The Morgan fingerprint density at radius 1 is 0.298 bits per heavy atom. The molecule has 0 unspecified atom stereocenters. The largest absolute Gasteiger partial charge is 1.00 e. The average molecular weight is 1180 g/mol. The molecule has 0 saturated carbocycles. The van der Waals surface area contributed by atoms with Crippen LogP contribution in [0.5, 0.6) is 0 Å². The summed E-state index contributed by atoms with van der Waals surface area (Å²) in [5.41, 5.74) is 23.0. The Labute approximate surface area is 547 Å². The van der Waals surface area contributed by atoms with E-state index in [0.717, 1.165) is 87.8 Å². The smallest absolute Gasteiger partial charge is 1.00 e. The van der Waals surface area contributed by atoms with Gasteiger partial charge in [-0.2, -0.15) is 0 Å². The molecule has 1 aliphatic heterocycles. The van der Waals surface area contributed by atoms with E-state index < -0.39 is 18.3 Å². The van der Waals surface area contributed by atoms with Crippen molar-refractivity contribution >= 4 is 28.5 Å². The molecule has 0 amide bonds. The van der Waals surface area contributed by atoms with Gasteiger partial charge in [0.05, 0.1) is 11.2 Å². The van der Waals surface area contributed by atoms with Crippen LogP contribution in [0.15, 0.2) is 285 Å². The Balaban J connectivity index is 0.000000200. The van der Waals surface area contributed by atoms with Gasteiger partial charge in [-0.15, -0.1) is 0 Å². The zero-order valence-electron chi connectivity index (χ0n) is 48.1. The van der Waals surface area contributed by atoms with Gasteiger partial charge in [-0.05, 0) is 219 Å². The molecule has 406 valence electrons. The maximum absolute atomic E-state index is 6.41. The molecular weight excluding hydrogens is 1120 g/mol. The molecule has 0 bridgehead atoms. The first-order valence-electron chi connectivity index (χ1n) is 27.5. The standard InChI is InChI=1S/C40H35BN2O2.C34H23BrN2.CH4.K.H/c1-39(2)40(3,4)45-41(44-39)38-17-7-14-32(25-38)37-23-35(30-12-5-10-28(20-30)33-15-8-18-42-26-33)22-36(24-37)31-13-6-11-29(21-31)34-16-9-19-43-27-34;35-34-13-3-10-28(21-34)33-19-31(26-8-1-6-24(16-26)29-11-4-14-36-22-29)18-32(20-33)27-9-2-7-25(17-27)30-12-5-15-37-23-30;;;/h5-27H,1-4H3;1-23H;1H4;;/q;;;+1;-1. The van der Waals surface area contributed by atoms with E-state index in [-0.39, 0.29) is 60.2 Å². The van der Waals surface area contributed by atoms with Crippen LogP contribution in [0.4, 0.5) is 0 Å². The van der Waals surface area contributed by atoms with Gasteiger partial charge in [0, 0.05) is 76.3 Å². The zero-order valence-corrected chi connectivity index (χ0v) is 51.8. The normalized spacial score (nSPS) is 12.9. The van der Waals surface area contributed by atoms with E-state index in [4.69, 9.17) is 9.31 Å². The van der Waals surface area contributed by atoms with Gasteiger partial charge in [-0.25, -0.2) is 0 Å². The van der Waals surface area contributed by atoms with E-state index >= 15 is 0 Å². The number of rotatable bonds is 11.